The first-order valence-electron chi connectivity index (χ1n) is 6.63. The Morgan fingerprint density at radius 3 is 3.00 bits per heavy atom. The fourth-order valence-corrected chi connectivity index (χ4v) is 2.33. The molecule has 0 spiro atoms. The van der Waals surface area contributed by atoms with Crippen molar-refractivity contribution in [2.45, 2.75) is 20.3 Å². The molecule has 7 heteroatoms. The van der Waals surface area contributed by atoms with Crippen molar-refractivity contribution in [3.05, 3.63) is 29.5 Å². The summed E-state index contributed by atoms with van der Waals surface area (Å²) in [4.78, 5) is 16.4. The molecule has 3 rings (SSSR count). The van der Waals surface area contributed by atoms with Crippen LogP contribution in [-0.4, -0.2) is 25.5 Å². The van der Waals surface area contributed by atoms with Crippen LogP contribution in [0.1, 0.15) is 20.3 Å². The zero-order valence-electron chi connectivity index (χ0n) is 11.7. The van der Waals surface area contributed by atoms with Crippen LogP contribution in [-0.2, 0) is 4.79 Å². The van der Waals surface area contributed by atoms with Gasteiger partial charge in [-0.2, -0.15) is 0 Å². The lowest BCUT2D eigenvalue weighted by Crippen LogP contribution is -2.16. The summed E-state index contributed by atoms with van der Waals surface area (Å²) in [6.07, 6.45) is 2.01. The van der Waals surface area contributed by atoms with Gasteiger partial charge in [-0.3, -0.25) is 9.20 Å². The minimum Gasteiger partial charge on any atom is -0.307 e. The molecule has 0 aliphatic rings. The molecular weight excluding hydrogens is 290 g/mol. The number of hydrogen-bond acceptors (Lipinski definition) is 4. The van der Waals surface area contributed by atoms with E-state index in [-0.39, 0.29) is 11.8 Å². The van der Waals surface area contributed by atoms with Crippen LogP contribution >= 0.6 is 11.6 Å². The van der Waals surface area contributed by atoms with Crippen molar-refractivity contribution >= 4 is 40.0 Å². The molecule has 1 aromatic carbocycles. The lowest BCUT2D eigenvalue weighted by Gasteiger charge is -2.09. The van der Waals surface area contributed by atoms with Gasteiger partial charge in [0.15, 0.2) is 5.82 Å². The van der Waals surface area contributed by atoms with Crippen molar-refractivity contribution in [3.8, 4) is 0 Å². The Labute approximate surface area is 126 Å². The number of halogens is 1. The first-order chi connectivity index (χ1) is 10.0. The van der Waals surface area contributed by atoms with Gasteiger partial charge in [-0.25, -0.2) is 4.98 Å². The van der Waals surface area contributed by atoms with E-state index in [0.717, 1.165) is 5.52 Å². The van der Waals surface area contributed by atoms with Crippen LogP contribution in [0.15, 0.2) is 24.5 Å². The predicted molar refractivity (Wildman–Crippen MR) is 81.4 cm³/mol. The molecule has 6 nitrogen and oxygen atoms in total. The second-order valence-corrected chi connectivity index (χ2v) is 5.70. The van der Waals surface area contributed by atoms with Crippen LogP contribution in [0, 0.1) is 5.92 Å². The standard InChI is InChI=1S/C14H14ClN5O/c1-8(2)5-12(21)18-13-14-19-16-7-20(14)11-6-9(15)3-4-10(11)17-13/h3-4,6-8H,5H2,1-2H3,(H,17,18,21). The summed E-state index contributed by atoms with van der Waals surface area (Å²) in [6, 6.07) is 5.35. The number of rotatable bonds is 3. The third-order valence-corrected chi connectivity index (χ3v) is 3.28. The SMILES string of the molecule is CC(C)CC(=O)Nc1nc2ccc(Cl)cc2n2cnnc12. The highest BCUT2D eigenvalue weighted by atomic mass is 35.5. The minimum atomic E-state index is -0.0873. The monoisotopic (exact) mass is 303 g/mol. The van der Waals surface area contributed by atoms with E-state index in [4.69, 9.17) is 11.6 Å². The van der Waals surface area contributed by atoms with Crippen LogP contribution < -0.4 is 5.32 Å². The maximum absolute atomic E-state index is 11.9. The summed E-state index contributed by atoms with van der Waals surface area (Å²) in [5, 5.41) is 11.3. The molecule has 0 unspecified atom stereocenters. The molecule has 2 heterocycles. The molecule has 0 fully saturated rings. The Bertz CT molecular complexity index is 827. The van der Waals surface area contributed by atoms with E-state index < -0.39 is 0 Å². The molecule has 108 valence electrons. The number of carbonyl (C=O) groups excluding carboxylic acids is 1. The van der Waals surface area contributed by atoms with Gasteiger partial charge in [0.2, 0.25) is 11.6 Å². The third kappa shape index (κ3) is 2.67. The Morgan fingerprint density at radius 2 is 2.24 bits per heavy atom. The van der Waals surface area contributed by atoms with E-state index in [9.17, 15) is 4.79 Å². The lowest BCUT2D eigenvalue weighted by molar-refractivity contribution is -0.116. The molecular formula is C14H14ClN5O. The maximum atomic E-state index is 11.9. The number of amides is 1. The summed E-state index contributed by atoms with van der Waals surface area (Å²) < 4.78 is 1.76. The molecule has 0 saturated heterocycles. The van der Waals surface area contributed by atoms with Gasteiger partial charge in [-0.15, -0.1) is 10.2 Å². The highest BCUT2D eigenvalue weighted by Gasteiger charge is 2.13. The van der Waals surface area contributed by atoms with Gasteiger partial charge in [-0.05, 0) is 24.1 Å². The third-order valence-electron chi connectivity index (χ3n) is 3.04. The second kappa shape index (κ2) is 5.29. The van der Waals surface area contributed by atoms with Crippen molar-refractivity contribution in [1.82, 2.24) is 19.6 Å². The summed E-state index contributed by atoms with van der Waals surface area (Å²) in [5.74, 6) is 0.599. The minimum absolute atomic E-state index is 0.0873. The van der Waals surface area contributed by atoms with E-state index in [2.05, 4.69) is 20.5 Å². The summed E-state index contributed by atoms with van der Waals surface area (Å²) in [7, 11) is 0. The quantitative estimate of drug-likeness (QED) is 0.807. The van der Waals surface area contributed by atoms with Gasteiger partial charge in [0.1, 0.15) is 6.33 Å². The molecule has 2 aromatic heterocycles. The van der Waals surface area contributed by atoms with Crippen molar-refractivity contribution in [1.29, 1.82) is 0 Å². The fourth-order valence-electron chi connectivity index (χ4n) is 2.17. The molecule has 0 saturated carbocycles. The Kier molecular flexibility index (Phi) is 3.47. The molecule has 0 aliphatic carbocycles. The topological polar surface area (TPSA) is 72.2 Å². The van der Waals surface area contributed by atoms with Gasteiger partial charge in [0.05, 0.1) is 11.0 Å². The van der Waals surface area contributed by atoms with Crippen molar-refractivity contribution in [2.75, 3.05) is 5.32 Å². The van der Waals surface area contributed by atoms with Crippen molar-refractivity contribution in [2.24, 2.45) is 5.92 Å². The van der Waals surface area contributed by atoms with E-state index in [1.165, 1.54) is 0 Å². The molecule has 3 aromatic rings. The number of nitrogens with zero attached hydrogens (tertiary/aromatic N) is 4. The average molecular weight is 304 g/mol. The van der Waals surface area contributed by atoms with Gasteiger partial charge in [-0.1, -0.05) is 25.4 Å². The van der Waals surface area contributed by atoms with Crippen molar-refractivity contribution < 1.29 is 4.79 Å². The summed E-state index contributed by atoms with van der Waals surface area (Å²) in [6.45, 7) is 3.98. The second-order valence-electron chi connectivity index (χ2n) is 5.26. The zero-order chi connectivity index (χ0) is 15.0. The number of benzene rings is 1. The maximum Gasteiger partial charge on any atom is 0.225 e. The average Bonchev–Trinajstić information content (AvgIpc) is 2.88. The lowest BCUT2D eigenvalue weighted by atomic mass is 10.1. The number of aromatic nitrogens is 4. The molecule has 1 N–H and O–H groups in total. The Hall–Kier alpha value is -2.21. The highest BCUT2D eigenvalue weighted by molar-refractivity contribution is 6.31. The zero-order valence-corrected chi connectivity index (χ0v) is 12.4. The van der Waals surface area contributed by atoms with Crippen LogP contribution in [0.4, 0.5) is 5.82 Å². The Morgan fingerprint density at radius 1 is 1.43 bits per heavy atom. The van der Waals surface area contributed by atoms with Crippen LogP contribution in [0.25, 0.3) is 16.7 Å². The van der Waals surface area contributed by atoms with Crippen molar-refractivity contribution in [3.63, 3.8) is 0 Å². The van der Waals surface area contributed by atoms with E-state index in [0.29, 0.717) is 28.4 Å². The molecule has 1 amide bonds. The van der Waals surface area contributed by atoms with Crippen LogP contribution in [0.2, 0.25) is 5.02 Å². The van der Waals surface area contributed by atoms with Crippen LogP contribution in [0.3, 0.4) is 0 Å². The first kappa shape index (κ1) is 13.8. The van der Waals surface area contributed by atoms with Gasteiger partial charge in [0, 0.05) is 11.4 Å². The largest absolute Gasteiger partial charge is 0.307 e. The normalized spacial score (nSPS) is 11.4. The molecule has 0 radical (unpaired) electrons. The number of carbonyl (C=O) groups is 1. The predicted octanol–water partition coefficient (Wildman–Crippen LogP) is 2.92. The number of nitrogens with one attached hydrogen (secondary N) is 1. The number of hydrogen-bond donors (Lipinski definition) is 1. The smallest absolute Gasteiger partial charge is 0.225 e. The van der Waals surface area contributed by atoms with E-state index in [1.807, 2.05) is 13.8 Å². The van der Waals surface area contributed by atoms with Gasteiger partial charge < -0.3 is 5.32 Å². The fraction of sp³-hybridized carbons (Fsp3) is 0.286. The molecule has 0 aliphatic heterocycles. The Balaban J connectivity index is 2.11. The van der Waals surface area contributed by atoms with Crippen LogP contribution in [0.5, 0.6) is 0 Å². The highest BCUT2D eigenvalue weighted by Crippen LogP contribution is 2.23. The van der Waals surface area contributed by atoms with E-state index in [1.54, 1.807) is 28.9 Å². The van der Waals surface area contributed by atoms with Gasteiger partial charge in [0.25, 0.3) is 0 Å². The van der Waals surface area contributed by atoms with E-state index >= 15 is 0 Å². The van der Waals surface area contributed by atoms with Gasteiger partial charge >= 0.3 is 0 Å². The first-order valence-corrected chi connectivity index (χ1v) is 7.01. The molecule has 0 atom stereocenters. The number of anilines is 1. The summed E-state index contributed by atoms with van der Waals surface area (Å²) in [5.41, 5.74) is 2.01. The summed E-state index contributed by atoms with van der Waals surface area (Å²) >= 11 is 6.02. The molecule has 0 bridgehead atoms. The number of fused-ring (bicyclic) bond motifs is 3. The molecule has 21 heavy (non-hydrogen) atoms.